The highest BCUT2D eigenvalue weighted by molar-refractivity contribution is 9.10. The summed E-state index contributed by atoms with van der Waals surface area (Å²) in [6, 6.07) is 0. The lowest BCUT2D eigenvalue weighted by molar-refractivity contribution is -0.385. The molecule has 7 heteroatoms. The summed E-state index contributed by atoms with van der Waals surface area (Å²) in [4.78, 5) is 17.1. The fourth-order valence-electron chi connectivity index (χ4n) is 2.72. The molecule has 1 unspecified atom stereocenters. The normalized spacial score (nSPS) is 18.5. The molecule has 1 saturated heterocycles. The van der Waals surface area contributed by atoms with Crippen LogP contribution in [-0.2, 0) is 0 Å². The van der Waals surface area contributed by atoms with Crippen molar-refractivity contribution in [3.63, 3.8) is 0 Å². The molecule has 2 rings (SSSR count). The number of nitrogens with zero attached hydrogens (tertiary/aromatic N) is 3. The van der Waals surface area contributed by atoms with Gasteiger partial charge in [-0.15, -0.1) is 0 Å². The molecule has 0 aliphatic carbocycles. The number of rotatable bonds is 5. The lowest BCUT2D eigenvalue weighted by Crippen LogP contribution is -2.38. The standard InChI is InChI=1S/C14H21BrN4O2/c1-3-18(9-11-5-4-6-16-7-11)14-13(15)10(2)12(8-17-14)19(20)21/h8,11,16H,3-7,9H2,1-2H3. The monoisotopic (exact) mass is 356 g/mol. The molecule has 2 heterocycles. The highest BCUT2D eigenvalue weighted by atomic mass is 79.9. The van der Waals surface area contributed by atoms with Crippen LogP contribution in [0.25, 0.3) is 0 Å². The van der Waals surface area contributed by atoms with Crippen LogP contribution in [0.3, 0.4) is 0 Å². The number of nitrogens with one attached hydrogen (secondary N) is 1. The first kappa shape index (κ1) is 16.2. The predicted molar refractivity (Wildman–Crippen MR) is 86.8 cm³/mol. The maximum atomic E-state index is 11.0. The number of piperidine rings is 1. The first-order valence-electron chi connectivity index (χ1n) is 7.29. The van der Waals surface area contributed by atoms with Crippen molar-refractivity contribution in [1.82, 2.24) is 10.3 Å². The fraction of sp³-hybridized carbons (Fsp3) is 0.643. The van der Waals surface area contributed by atoms with Gasteiger partial charge in [-0.05, 0) is 61.6 Å². The van der Waals surface area contributed by atoms with Crippen LogP contribution >= 0.6 is 15.9 Å². The first-order valence-corrected chi connectivity index (χ1v) is 8.09. The number of nitro groups is 1. The van der Waals surface area contributed by atoms with Crippen LogP contribution in [0, 0.1) is 23.0 Å². The Bertz CT molecular complexity index is 518. The second-order valence-corrected chi connectivity index (χ2v) is 6.21. The van der Waals surface area contributed by atoms with E-state index in [1.807, 2.05) is 0 Å². The molecule has 1 N–H and O–H groups in total. The summed E-state index contributed by atoms with van der Waals surface area (Å²) in [6.07, 6.45) is 3.78. The third kappa shape index (κ3) is 3.71. The first-order chi connectivity index (χ1) is 10.0. The van der Waals surface area contributed by atoms with Gasteiger partial charge in [0.2, 0.25) is 0 Å². The van der Waals surface area contributed by atoms with E-state index in [9.17, 15) is 10.1 Å². The third-order valence-corrected chi connectivity index (χ3v) is 4.92. The molecular weight excluding hydrogens is 336 g/mol. The van der Waals surface area contributed by atoms with E-state index in [1.165, 1.54) is 19.0 Å². The van der Waals surface area contributed by atoms with Gasteiger partial charge in [-0.3, -0.25) is 10.1 Å². The van der Waals surface area contributed by atoms with E-state index in [4.69, 9.17) is 0 Å². The van der Waals surface area contributed by atoms with Crippen molar-refractivity contribution in [2.24, 2.45) is 5.92 Å². The Hall–Kier alpha value is -1.21. The van der Waals surface area contributed by atoms with Crippen molar-refractivity contribution < 1.29 is 4.92 Å². The molecule has 1 aromatic heterocycles. The van der Waals surface area contributed by atoms with Gasteiger partial charge >= 0.3 is 0 Å². The smallest absolute Gasteiger partial charge is 0.291 e. The van der Waals surface area contributed by atoms with Crippen LogP contribution in [0.1, 0.15) is 25.3 Å². The van der Waals surface area contributed by atoms with Crippen molar-refractivity contribution in [2.75, 3.05) is 31.1 Å². The molecule has 1 aliphatic heterocycles. The number of halogens is 1. The van der Waals surface area contributed by atoms with Crippen molar-refractivity contribution in [3.05, 3.63) is 26.3 Å². The summed E-state index contributed by atoms with van der Waals surface area (Å²) in [5, 5.41) is 14.4. The molecule has 1 fully saturated rings. The van der Waals surface area contributed by atoms with Gasteiger partial charge < -0.3 is 10.2 Å². The minimum absolute atomic E-state index is 0.0565. The van der Waals surface area contributed by atoms with Crippen molar-refractivity contribution in [1.29, 1.82) is 0 Å². The lowest BCUT2D eigenvalue weighted by Gasteiger charge is -2.30. The number of pyridine rings is 1. The zero-order valence-corrected chi connectivity index (χ0v) is 14.0. The Morgan fingerprint density at radius 2 is 2.38 bits per heavy atom. The second kappa shape index (κ2) is 7.17. The van der Waals surface area contributed by atoms with Gasteiger partial charge in [0.15, 0.2) is 0 Å². The van der Waals surface area contributed by atoms with Crippen LogP contribution in [-0.4, -0.2) is 36.1 Å². The summed E-state index contributed by atoms with van der Waals surface area (Å²) in [5.74, 6) is 1.40. The van der Waals surface area contributed by atoms with Crippen LogP contribution in [0.15, 0.2) is 10.7 Å². The largest absolute Gasteiger partial charge is 0.356 e. The molecule has 21 heavy (non-hydrogen) atoms. The molecule has 0 bridgehead atoms. The van der Waals surface area contributed by atoms with Crippen LogP contribution in [0.2, 0.25) is 0 Å². The molecule has 1 atom stereocenters. The number of aromatic nitrogens is 1. The quantitative estimate of drug-likeness (QED) is 0.648. The van der Waals surface area contributed by atoms with E-state index in [0.717, 1.165) is 36.5 Å². The third-order valence-electron chi connectivity index (χ3n) is 3.97. The molecule has 0 radical (unpaired) electrons. The summed E-state index contributed by atoms with van der Waals surface area (Å²) >= 11 is 3.48. The summed E-state index contributed by atoms with van der Waals surface area (Å²) in [5.41, 5.74) is 0.686. The molecule has 6 nitrogen and oxygen atoms in total. The van der Waals surface area contributed by atoms with Crippen molar-refractivity contribution in [3.8, 4) is 0 Å². The average Bonchev–Trinajstić information content (AvgIpc) is 2.48. The Morgan fingerprint density at radius 3 is 2.95 bits per heavy atom. The van der Waals surface area contributed by atoms with Crippen molar-refractivity contribution >= 4 is 27.4 Å². The number of anilines is 1. The van der Waals surface area contributed by atoms with E-state index >= 15 is 0 Å². The Morgan fingerprint density at radius 1 is 1.62 bits per heavy atom. The van der Waals surface area contributed by atoms with E-state index < -0.39 is 4.92 Å². The van der Waals surface area contributed by atoms with Gasteiger partial charge in [0.1, 0.15) is 12.0 Å². The van der Waals surface area contributed by atoms with E-state index in [0.29, 0.717) is 11.5 Å². The molecule has 116 valence electrons. The Labute approximate surface area is 133 Å². The minimum Gasteiger partial charge on any atom is -0.356 e. The van der Waals surface area contributed by atoms with Gasteiger partial charge in [-0.25, -0.2) is 4.98 Å². The maximum Gasteiger partial charge on any atom is 0.291 e. The number of hydrogen-bond acceptors (Lipinski definition) is 5. The lowest BCUT2D eigenvalue weighted by atomic mass is 9.99. The minimum atomic E-state index is -0.391. The van der Waals surface area contributed by atoms with Crippen LogP contribution in [0.4, 0.5) is 11.5 Å². The SMILES string of the molecule is CCN(CC1CCCNC1)c1ncc([N+](=O)[O-])c(C)c1Br. The van der Waals surface area contributed by atoms with Gasteiger partial charge in [0.05, 0.1) is 9.40 Å². The van der Waals surface area contributed by atoms with E-state index in [1.54, 1.807) is 6.92 Å². The number of hydrogen-bond donors (Lipinski definition) is 1. The summed E-state index contributed by atoms with van der Waals surface area (Å²) in [7, 11) is 0. The van der Waals surface area contributed by atoms with Crippen LogP contribution < -0.4 is 10.2 Å². The predicted octanol–water partition coefficient (Wildman–Crippen LogP) is 2.89. The Kier molecular flexibility index (Phi) is 5.52. The summed E-state index contributed by atoms with van der Waals surface area (Å²) in [6.45, 7) is 7.72. The second-order valence-electron chi connectivity index (χ2n) is 5.41. The highest BCUT2D eigenvalue weighted by Gasteiger charge is 2.22. The van der Waals surface area contributed by atoms with Gasteiger partial charge in [0.25, 0.3) is 5.69 Å². The Balaban J connectivity index is 2.21. The molecular formula is C14H21BrN4O2. The maximum absolute atomic E-state index is 11.0. The van der Waals surface area contributed by atoms with Gasteiger partial charge in [0, 0.05) is 18.7 Å². The summed E-state index contributed by atoms with van der Waals surface area (Å²) < 4.78 is 0.724. The topological polar surface area (TPSA) is 71.3 Å². The van der Waals surface area contributed by atoms with Crippen LogP contribution in [0.5, 0.6) is 0 Å². The fourth-order valence-corrected chi connectivity index (χ4v) is 3.27. The van der Waals surface area contributed by atoms with E-state index in [-0.39, 0.29) is 5.69 Å². The molecule has 0 saturated carbocycles. The molecule has 0 aromatic carbocycles. The zero-order chi connectivity index (χ0) is 15.4. The van der Waals surface area contributed by atoms with Gasteiger partial charge in [-0.1, -0.05) is 0 Å². The van der Waals surface area contributed by atoms with Gasteiger partial charge in [-0.2, -0.15) is 0 Å². The zero-order valence-electron chi connectivity index (χ0n) is 12.4. The van der Waals surface area contributed by atoms with E-state index in [2.05, 4.69) is 38.1 Å². The van der Waals surface area contributed by atoms with Crippen molar-refractivity contribution in [2.45, 2.75) is 26.7 Å². The molecule has 0 spiro atoms. The molecule has 1 aliphatic rings. The highest BCUT2D eigenvalue weighted by Crippen LogP contribution is 2.33. The molecule has 0 amide bonds. The molecule has 1 aromatic rings. The average molecular weight is 357 g/mol.